The van der Waals surface area contributed by atoms with Gasteiger partial charge >= 0.3 is 0 Å². The molecule has 1 amide bonds. The lowest BCUT2D eigenvalue weighted by molar-refractivity contribution is 0.1000. The number of piperidine rings is 1. The van der Waals surface area contributed by atoms with E-state index in [2.05, 4.69) is 15.0 Å². The zero-order valence-corrected chi connectivity index (χ0v) is 12.6. The standard InChI is InChI=1S/C16H21N5O/c17-16(22)14-6-4-13(5-7-14)9-20-8-2-1-3-15(20)10-21-12-18-11-19-21/h4-7,11-12,15H,1-3,8-10H2,(H2,17,22)/t15-/m1/s1. The molecule has 1 atom stereocenters. The molecule has 1 aromatic carbocycles. The van der Waals surface area contributed by atoms with E-state index in [-0.39, 0.29) is 5.91 Å². The van der Waals surface area contributed by atoms with Crippen LogP contribution in [0.1, 0.15) is 35.2 Å². The van der Waals surface area contributed by atoms with Crippen LogP contribution in [0.25, 0.3) is 0 Å². The summed E-state index contributed by atoms with van der Waals surface area (Å²) in [6.45, 7) is 2.86. The summed E-state index contributed by atoms with van der Waals surface area (Å²) in [7, 11) is 0. The van der Waals surface area contributed by atoms with E-state index < -0.39 is 0 Å². The first-order chi connectivity index (χ1) is 10.7. The highest BCUT2D eigenvalue weighted by molar-refractivity contribution is 5.92. The Labute approximate surface area is 129 Å². The van der Waals surface area contributed by atoms with Crippen molar-refractivity contribution in [2.75, 3.05) is 6.54 Å². The highest BCUT2D eigenvalue weighted by Crippen LogP contribution is 2.21. The Morgan fingerprint density at radius 1 is 1.27 bits per heavy atom. The lowest BCUT2D eigenvalue weighted by atomic mass is 10.0. The van der Waals surface area contributed by atoms with Crippen LogP contribution >= 0.6 is 0 Å². The number of carbonyl (C=O) groups excluding carboxylic acids is 1. The number of nitrogens with zero attached hydrogens (tertiary/aromatic N) is 4. The van der Waals surface area contributed by atoms with E-state index in [1.165, 1.54) is 24.8 Å². The van der Waals surface area contributed by atoms with Crippen molar-refractivity contribution in [2.45, 2.75) is 38.4 Å². The minimum atomic E-state index is -0.381. The number of hydrogen-bond acceptors (Lipinski definition) is 4. The van der Waals surface area contributed by atoms with E-state index >= 15 is 0 Å². The number of carbonyl (C=O) groups is 1. The van der Waals surface area contributed by atoms with Crippen LogP contribution in [0, 0.1) is 0 Å². The molecule has 0 saturated carbocycles. The maximum Gasteiger partial charge on any atom is 0.248 e. The molecule has 2 heterocycles. The number of likely N-dealkylation sites (tertiary alicyclic amines) is 1. The molecule has 1 aromatic heterocycles. The van der Waals surface area contributed by atoms with Gasteiger partial charge in [-0.1, -0.05) is 18.6 Å². The number of benzene rings is 1. The van der Waals surface area contributed by atoms with Crippen molar-refractivity contribution in [2.24, 2.45) is 5.73 Å². The summed E-state index contributed by atoms with van der Waals surface area (Å²) in [4.78, 5) is 17.6. The maximum absolute atomic E-state index is 11.1. The molecule has 1 fully saturated rings. The van der Waals surface area contributed by atoms with E-state index in [4.69, 9.17) is 5.73 Å². The zero-order valence-electron chi connectivity index (χ0n) is 12.6. The van der Waals surface area contributed by atoms with E-state index in [0.29, 0.717) is 11.6 Å². The van der Waals surface area contributed by atoms with Crippen molar-refractivity contribution < 1.29 is 4.79 Å². The quantitative estimate of drug-likeness (QED) is 0.906. The van der Waals surface area contributed by atoms with Gasteiger partial charge in [-0.25, -0.2) is 4.98 Å². The number of primary amides is 1. The molecule has 1 aliphatic rings. The first-order valence-corrected chi connectivity index (χ1v) is 7.67. The molecule has 1 aliphatic heterocycles. The van der Waals surface area contributed by atoms with Crippen LogP contribution in [0.5, 0.6) is 0 Å². The fraction of sp³-hybridized carbons (Fsp3) is 0.438. The van der Waals surface area contributed by atoms with Gasteiger partial charge in [0.25, 0.3) is 0 Å². The Kier molecular flexibility index (Phi) is 4.48. The SMILES string of the molecule is NC(=O)c1ccc(CN2CCCC[C@@H]2Cn2cncn2)cc1. The summed E-state index contributed by atoms with van der Waals surface area (Å²) >= 11 is 0. The Balaban J connectivity index is 1.66. The lowest BCUT2D eigenvalue weighted by Gasteiger charge is -2.35. The van der Waals surface area contributed by atoms with Crippen LogP contribution in [0.15, 0.2) is 36.9 Å². The number of rotatable bonds is 5. The first-order valence-electron chi connectivity index (χ1n) is 7.67. The molecule has 0 unspecified atom stereocenters. The Morgan fingerprint density at radius 2 is 2.09 bits per heavy atom. The second-order valence-corrected chi connectivity index (χ2v) is 5.80. The first kappa shape index (κ1) is 14.7. The second kappa shape index (κ2) is 6.70. The number of amides is 1. The predicted octanol–water partition coefficient (Wildman–Crippen LogP) is 1.43. The molecule has 0 spiro atoms. The molecule has 2 aromatic rings. The molecule has 0 aliphatic carbocycles. The molecular weight excluding hydrogens is 278 g/mol. The van der Waals surface area contributed by atoms with Gasteiger partial charge in [0.05, 0.1) is 6.54 Å². The van der Waals surface area contributed by atoms with Crippen molar-refractivity contribution in [3.8, 4) is 0 Å². The average molecular weight is 299 g/mol. The number of hydrogen-bond donors (Lipinski definition) is 1. The van der Waals surface area contributed by atoms with E-state index in [0.717, 1.165) is 19.6 Å². The minimum Gasteiger partial charge on any atom is -0.366 e. The van der Waals surface area contributed by atoms with E-state index in [1.807, 2.05) is 16.8 Å². The minimum absolute atomic E-state index is 0.381. The van der Waals surface area contributed by atoms with Crippen LogP contribution < -0.4 is 5.73 Å². The number of aromatic nitrogens is 3. The molecule has 1 saturated heterocycles. The fourth-order valence-electron chi connectivity index (χ4n) is 3.03. The second-order valence-electron chi connectivity index (χ2n) is 5.80. The van der Waals surface area contributed by atoms with Crippen LogP contribution in [0.4, 0.5) is 0 Å². The van der Waals surface area contributed by atoms with Gasteiger partial charge < -0.3 is 5.73 Å². The maximum atomic E-state index is 11.1. The highest BCUT2D eigenvalue weighted by atomic mass is 16.1. The van der Waals surface area contributed by atoms with E-state index in [1.54, 1.807) is 24.8 Å². The third-order valence-corrected chi connectivity index (χ3v) is 4.24. The summed E-state index contributed by atoms with van der Waals surface area (Å²) in [6.07, 6.45) is 7.02. The Bertz CT molecular complexity index is 608. The van der Waals surface area contributed by atoms with Crippen LogP contribution in [-0.4, -0.2) is 38.2 Å². The third kappa shape index (κ3) is 3.51. The molecule has 0 bridgehead atoms. The summed E-state index contributed by atoms with van der Waals surface area (Å²) < 4.78 is 1.90. The van der Waals surface area contributed by atoms with Gasteiger partial charge in [0.1, 0.15) is 12.7 Å². The highest BCUT2D eigenvalue weighted by Gasteiger charge is 2.23. The van der Waals surface area contributed by atoms with Crippen molar-refractivity contribution in [1.29, 1.82) is 0 Å². The summed E-state index contributed by atoms with van der Waals surface area (Å²) in [5, 5.41) is 4.21. The van der Waals surface area contributed by atoms with Gasteiger partial charge in [-0.05, 0) is 37.1 Å². The normalized spacial score (nSPS) is 19.2. The summed E-state index contributed by atoms with van der Waals surface area (Å²) in [5.74, 6) is -0.381. The number of nitrogens with two attached hydrogens (primary N) is 1. The third-order valence-electron chi connectivity index (χ3n) is 4.24. The molecule has 3 rings (SSSR count). The smallest absolute Gasteiger partial charge is 0.248 e. The topological polar surface area (TPSA) is 77.0 Å². The largest absolute Gasteiger partial charge is 0.366 e. The molecular formula is C16H21N5O. The summed E-state index contributed by atoms with van der Waals surface area (Å²) in [5.41, 5.74) is 7.04. The lowest BCUT2D eigenvalue weighted by Crippen LogP contribution is -2.41. The van der Waals surface area contributed by atoms with Gasteiger partial charge in [-0.15, -0.1) is 0 Å². The van der Waals surface area contributed by atoms with Crippen molar-refractivity contribution in [3.63, 3.8) is 0 Å². The van der Waals surface area contributed by atoms with Crippen molar-refractivity contribution in [3.05, 3.63) is 48.0 Å². The molecule has 0 radical (unpaired) electrons. The van der Waals surface area contributed by atoms with Gasteiger partial charge in [-0.2, -0.15) is 5.10 Å². The zero-order chi connectivity index (χ0) is 15.4. The van der Waals surface area contributed by atoms with Gasteiger partial charge in [0.15, 0.2) is 0 Å². The monoisotopic (exact) mass is 299 g/mol. The Morgan fingerprint density at radius 3 is 2.77 bits per heavy atom. The average Bonchev–Trinajstić information content (AvgIpc) is 3.03. The molecule has 6 heteroatoms. The fourth-order valence-corrected chi connectivity index (χ4v) is 3.03. The van der Waals surface area contributed by atoms with Gasteiger partial charge in [0.2, 0.25) is 5.91 Å². The molecule has 22 heavy (non-hydrogen) atoms. The van der Waals surface area contributed by atoms with Crippen LogP contribution in [0.2, 0.25) is 0 Å². The molecule has 2 N–H and O–H groups in total. The van der Waals surface area contributed by atoms with Gasteiger partial charge in [-0.3, -0.25) is 14.4 Å². The van der Waals surface area contributed by atoms with Crippen LogP contribution in [0.3, 0.4) is 0 Å². The Hall–Kier alpha value is -2.21. The van der Waals surface area contributed by atoms with Gasteiger partial charge in [0, 0.05) is 18.2 Å². The van der Waals surface area contributed by atoms with Crippen molar-refractivity contribution >= 4 is 5.91 Å². The van der Waals surface area contributed by atoms with Crippen molar-refractivity contribution in [1.82, 2.24) is 19.7 Å². The molecule has 6 nitrogen and oxygen atoms in total. The molecule has 116 valence electrons. The predicted molar refractivity (Wildman–Crippen MR) is 83.0 cm³/mol. The van der Waals surface area contributed by atoms with E-state index in [9.17, 15) is 4.79 Å². The van der Waals surface area contributed by atoms with Crippen LogP contribution in [-0.2, 0) is 13.1 Å². The summed E-state index contributed by atoms with van der Waals surface area (Å²) in [6, 6.07) is 8.05.